The van der Waals surface area contributed by atoms with Crippen LogP contribution in [0.5, 0.6) is 0 Å². The highest BCUT2D eigenvalue weighted by Gasteiger charge is 2.47. The zero-order valence-electron chi connectivity index (χ0n) is 12.7. The second-order valence-electron chi connectivity index (χ2n) is 5.71. The number of nitrogens with one attached hydrogen (secondary N) is 1. The summed E-state index contributed by atoms with van der Waals surface area (Å²) < 4.78 is 0. The zero-order chi connectivity index (χ0) is 14.6. The molecule has 5 heteroatoms. The van der Waals surface area contributed by atoms with Gasteiger partial charge in [0, 0.05) is 6.54 Å². The second-order valence-corrected chi connectivity index (χ2v) is 6.69. The van der Waals surface area contributed by atoms with Crippen LogP contribution in [0.1, 0.15) is 40.5 Å². The predicted octanol–water partition coefficient (Wildman–Crippen LogP) is 1.89. The SMILES string of the molecule is CCC1(C)NC(=O)C(C(C)C)N(CCCSC)C1=O. The van der Waals surface area contributed by atoms with Crippen LogP contribution in [-0.2, 0) is 9.59 Å². The highest BCUT2D eigenvalue weighted by molar-refractivity contribution is 7.98. The molecule has 2 atom stereocenters. The molecule has 0 aromatic rings. The Morgan fingerprint density at radius 1 is 1.42 bits per heavy atom. The van der Waals surface area contributed by atoms with Crippen molar-refractivity contribution in [2.45, 2.75) is 52.1 Å². The fourth-order valence-electron chi connectivity index (χ4n) is 2.51. The first-order chi connectivity index (χ1) is 8.87. The summed E-state index contributed by atoms with van der Waals surface area (Å²) in [5, 5.41) is 2.91. The Kier molecular flexibility index (Phi) is 5.71. The van der Waals surface area contributed by atoms with Gasteiger partial charge < -0.3 is 10.2 Å². The van der Waals surface area contributed by atoms with Crippen LogP contribution < -0.4 is 5.32 Å². The number of thioether (sulfide) groups is 1. The fourth-order valence-corrected chi connectivity index (χ4v) is 2.92. The van der Waals surface area contributed by atoms with E-state index in [0.717, 1.165) is 12.2 Å². The molecule has 2 amide bonds. The highest BCUT2D eigenvalue weighted by atomic mass is 32.2. The third-order valence-corrected chi connectivity index (χ3v) is 4.52. The number of hydrogen-bond donors (Lipinski definition) is 1. The van der Waals surface area contributed by atoms with Gasteiger partial charge in [-0.25, -0.2) is 0 Å². The Hall–Kier alpha value is -0.710. The van der Waals surface area contributed by atoms with E-state index in [1.165, 1.54) is 0 Å². The Morgan fingerprint density at radius 3 is 2.53 bits per heavy atom. The lowest BCUT2D eigenvalue weighted by atomic mass is 9.88. The van der Waals surface area contributed by atoms with Crippen LogP contribution >= 0.6 is 11.8 Å². The molecule has 1 heterocycles. The molecule has 110 valence electrons. The Morgan fingerprint density at radius 2 is 2.05 bits per heavy atom. The van der Waals surface area contributed by atoms with Gasteiger partial charge in [-0.3, -0.25) is 9.59 Å². The van der Waals surface area contributed by atoms with Crippen LogP contribution in [0.2, 0.25) is 0 Å². The summed E-state index contributed by atoms with van der Waals surface area (Å²) in [4.78, 5) is 26.7. The van der Waals surface area contributed by atoms with Gasteiger partial charge in [0.25, 0.3) is 0 Å². The molecule has 4 nitrogen and oxygen atoms in total. The van der Waals surface area contributed by atoms with Gasteiger partial charge in [0.05, 0.1) is 0 Å². The van der Waals surface area contributed by atoms with Crippen molar-refractivity contribution in [1.29, 1.82) is 0 Å². The number of amides is 2. The summed E-state index contributed by atoms with van der Waals surface area (Å²) >= 11 is 1.77. The fraction of sp³-hybridized carbons (Fsp3) is 0.857. The number of carbonyl (C=O) groups is 2. The van der Waals surface area contributed by atoms with Crippen molar-refractivity contribution in [3.63, 3.8) is 0 Å². The standard InChI is InChI=1S/C14H26N2O2S/c1-6-14(4)13(18)16(8-7-9-19-5)11(10(2)3)12(17)15-14/h10-11H,6-9H2,1-5H3,(H,15,17). The molecule has 0 radical (unpaired) electrons. The van der Waals surface area contributed by atoms with E-state index in [2.05, 4.69) is 11.6 Å². The Labute approximate surface area is 120 Å². The summed E-state index contributed by atoms with van der Waals surface area (Å²) in [7, 11) is 0. The first-order valence-electron chi connectivity index (χ1n) is 6.99. The van der Waals surface area contributed by atoms with Crippen molar-refractivity contribution in [2.24, 2.45) is 5.92 Å². The Bertz CT molecular complexity index is 346. The van der Waals surface area contributed by atoms with Gasteiger partial charge >= 0.3 is 0 Å². The molecule has 0 aromatic carbocycles. The van der Waals surface area contributed by atoms with Crippen molar-refractivity contribution in [2.75, 3.05) is 18.6 Å². The van der Waals surface area contributed by atoms with E-state index >= 15 is 0 Å². The van der Waals surface area contributed by atoms with Gasteiger partial charge in [-0.1, -0.05) is 20.8 Å². The Balaban J connectivity index is 2.93. The minimum Gasteiger partial charge on any atom is -0.340 e. The quantitative estimate of drug-likeness (QED) is 0.759. The molecule has 0 bridgehead atoms. The molecule has 0 saturated carbocycles. The maximum absolute atomic E-state index is 12.6. The van der Waals surface area contributed by atoms with E-state index in [9.17, 15) is 9.59 Å². The molecular weight excluding hydrogens is 260 g/mol. The predicted molar refractivity (Wildman–Crippen MR) is 80.2 cm³/mol. The molecule has 1 N–H and O–H groups in total. The van der Waals surface area contributed by atoms with E-state index in [1.807, 2.05) is 27.7 Å². The number of nitrogens with zero attached hydrogens (tertiary/aromatic N) is 1. The average molecular weight is 286 g/mol. The lowest BCUT2D eigenvalue weighted by Crippen LogP contribution is -2.70. The molecule has 1 rings (SSSR count). The molecule has 1 aliphatic rings. The lowest BCUT2D eigenvalue weighted by molar-refractivity contribution is -0.156. The van der Waals surface area contributed by atoms with Crippen molar-refractivity contribution < 1.29 is 9.59 Å². The molecule has 0 aromatic heterocycles. The minimum atomic E-state index is -0.734. The molecule has 0 aliphatic carbocycles. The number of rotatable bonds is 6. The van der Waals surface area contributed by atoms with E-state index in [1.54, 1.807) is 16.7 Å². The zero-order valence-corrected chi connectivity index (χ0v) is 13.5. The monoisotopic (exact) mass is 286 g/mol. The summed E-state index contributed by atoms with van der Waals surface area (Å²) in [6.45, 7) is 8.42. The molecular formula is C14H26N2O2S. The lowest BCUT2D eigenvalue weighted by Gasteiger charge is -2.45. The largest absolute Gasteiger partial charge is 0.340 e. The van der Waals surface area contributed by atoms with Gasteiger partial charge in [-0.2, -0.15) is 11.8 Å². The summed E-state index contributed by atoms with van der Waals surface area (Å²) in [6, 6.07) is -0.325. The normalized spacial score (nSPS) is 27.9. The smallest absolute Gasteiger partial charge is 0.248 e. The van der Waals surface area contributed by atoms with E-state index in [0.29, 0.717) is 13.0 Å². The van der Waals surface area contributed by atoms with Crippen LogP contribution in [-0.4, -0.2) is 46.8 Å². The van der Waals surface area contributed by atoms with E-state index in [-0.39, 0.29) is 23.8 Å². The van der Waals surface area contributed by atoms with E-state index < -0.39 is 5.54 Å². The van der Waals surface area contributed by atoms with Gasteiger partial charge in [0.15, 0.2) is 0 Å². The molecule has 1 fully saturated rings. The van der Waals surface area contributed by atoms with Crippen LogP contribution in [0.4, 0.5) is 0 Å². The van der Waals surface area contributed by atoms with Crippen LogP contribution in [0, 0.1) is 5.92 Å². The third kappa shape index (κ3) is 3.44. The molecule has 1 saturated heterocycles. The minimum absolute atomic E-state index is 0.0110. The first-order valence-corrected chi connectivity index (χ1v) is 8.38. The first kappa shape index (κ1) is 16.3. The van der Waals surface area contributed by atoms with Crippen molar-refractivity contribution in [3.05, 3.63) is 0 Å². The number of hydrogen-bond acceptors (Lipinski definition) is 3. The van der Waals surface area contributed by atoms with Crippen LogP contribution in [0.15, 0.2) is 0 Å². The van der Waals surface area contributed by atoms with Gasteiger partial charge in [-0.05, 0) is 37.7 Å². The molecule has 19 heavy (non-hydrogen) atoms. The van der Waals surface area contributed by atoms with Gasteiger partial charge in [-0.15, -0.1) is 0 Å². The van der Waals surface area contributed by atoms with Crippen LogP contribution in [0.25, 0.3) is 0 Å². The summed E-state index contributed by atoms with van der Waals surface area (Å²) in [5.74, 6) is 1.20. The topological polar surface area (TPSA) is 49.4 Å². The average Bonchev–Trinajstić information content (AvgIpc) is 2.34. The van der Waals surface area contributed by atoms with Crippen LogP contribution in [0.3, 0.4) is 0 Å². The maximum Gasteiger partial charge on any atom is 0.248 e. The van der Waals surface area contributed by atoms with Crippen molar-refractivity contribution >= 4 is 23.6 Å². The maximum atomic E-state index is 12.6. The molecule has 2 unspecified atom stereocenters. The van der Waals surface area contributed by atoms with Crippen molar-refractivity contribution in [1.82, 2.24) is 10.2 Å². The highest BCUT2D eigenvalue weighted by Crippen LogP contribution is 2.25. The van der Waals surface area contributed by atoms with Crippen molar-refractivity contribution in [3.8, 4) is 0 Å². The number of piperazine rings is 1. The summed E-state index contributed by atoms with van der Waals surface area (Å²) in [5.41, 5.74) is -0.734. The van der Waals surface area contributed by atoms with Gasteiger partial charge in [0.1, 0.15) is 11.6 Å². The number of carbonyl (C=O) groups excluding carboxylic acids is 2. The molecule has 1 aliphatic heterocycles. The second kappa shape index (κ2) is 6.64. The summed E-state index contributed by atoms with van der Waals surface area (Å²) in [6.07, 6.45) is 3.62. The van der Waals surface area contributed by atoms with Gasteiger partial charge in [0.2, 0.25) is 11.8 Å². The molecule has 0 spiro atoms. The van der Waals surface area contributed by atoms with E-state index in [4.69, 9.17) is 0 Å². The third-order valence-electron chi connectivity index (χ3n) is 3.82.